The smallest absolute Gasteiger partial charge is 0.251 e. The molecule has 0 saturated carbocycles. The van der Waals surface area contributed by atoms with E-state index < -0.39 is 6.10 Å². The summed E-state index contributed by atoms with van der Waals surface area (Å²) >= 11 is 0. The van der Waals surface area contributed by atoms with Crippen LogP contribution in [0.2, 0.25) is 0 Å². The van der Waals surface area contributed by atoms with E-state index in [4.69, 9.17) is 4.74 Å². The van der Waals surface area contributed by atoms with Crippen LogP contribution in [0.3, 0.4) is 0 Å². The lowest BCUT2D eigenvalue weighted by molar-refractivity contribution is -0.0297. The number of nitrogens with one attached hydrogen (secondary N) is 1. The number of ether oxygens (including phenoxy) is 1. The Bertz CT molecular complexity index is 514. The maximum atomic E-state index is 12.0. The van der Waals surface area contributed by atoms with E-state index in [1.807, 2.05) is 25.1 Å². The van der Waals surface area contributed by atoms with Gasteiger partial charge in [0.1, 0.15) is 6.10 Å². The Balaban J connectivity index is 1.86. The van der Waals surface area contributed by atoms with Crippen molar-refractivity contribution in [3.8, 4) is 0 Å². The molecular weight excluding hydrogens is 254 g/mol. The summed E-state index contributed by atoms with van der Waals surface area (Å²) in [5.74, 6) is -0.0349. The van der Waals surface area contributed by atoms with E-state index in [-0.39, 0.29) is 18.1 Å². The van der Waals surface area contributed by atoms with Crippen molar-refractivity contribution in [2.24, 2.45) is 0 Å². The highest BCUT2D eigenvalue weighted by Crippen LogP contribution is 2.31. The van der Waals surface area contributed by atoms with Gasteiger partial charge in [-0.3, -0.25) is 4.79 Å². The quantitative estimate of drug-likeness (QED) is 0.867. The van der Waals surface area contributed by atoms with Gasteiger partial charge in [-0.15, -0.1) is 0 Å². The third kappa shape index (κ3) is 2.58. The third-order valence-electron chi connectivity index (χ3n) is 4.25. The number of amides is 1. The van der Waals surface area contributed by atoms with E-state index in [0.29, 0.717) is 12.1 Å². The molecule has 4 nitrogen and oxygen atoms in total. The van der Waals surface area contributed by atoms with E-state index in [9.17, 15) is 9.90 Å². The van der Waals surface area contributed by atoms with E-state index in [0.717, 1.165) is 36.8 Å². The van der Waals surface area contributed by atoms with E-state index in [1.165, 1.54) is 0 Å². The van der Waals surface area contributed by atoms with Gasteiger partial charge in [-0.1, -0.05) is 12.1 Å². The number of carbonyl (C=O) groups excluding carboxylic acids is 1. The van der Waals surface area contributed by atoms with Crippen molar-refractivity contribution in [3.05, 3.63) is 34.9 Å². The molecule has 4 heteroatoms. The minimum Gasteiger partial charge on any atom is -0.386 e. The first-order valence-electron chi connectivity index (χ1n) is 7.39. The summed E-state index contributed by atoms with van der Waals surface area (Å²) in [4.78, 5) is 12.0. The Hall–Kier alpha value is -1.39. The predicted octanol–water partition coefficient (Wildman–Crippen LogP) is 1.96. The van der Waals surface area contributed by atoms with Crippen LogP contribution in [0, 0.1) is 0 Å². The SMILES string of the molecule is CC1CCC(C(O)c2ccc3c(c2)C(=O)NCCC3)O1. The number of hydrogen-bond donors (Lipinski definition) is 2. The van der Waals surface area contributed by atoms with E-state index in [1.54, 1.807) is 0 Å². The largest absolute Gasteiger partial charge is 0.386 e. The van der Waals surface area contributed by atoms with Crippen LogP contribution in [0.5, 0.6) is 0 Å². The minimum atomic E-state index is -0.652. The van der Waals surface area contributed by atoms with Crippen molar-refractivity contribution < 1.29 is 14.6 Å². The van der Waals surface area contributed by atoms with Crippen LogP contribution >= 0.6 is 0 Å². The summed E-state index contributed by atoms with van der Waals surface area (Å²) < 4.78 is 5.72. The van der Waals surface area contributed by atoms with Gasteiger partial charge < -0.3 is 15.2 Å². The van der Waals surface area contributed by atoms with Crippen LogP contribution in [0.1, 0.15) is 53.8 Å². The predicted molar refractivity (Wildman–Crippen MR) is 75.6 cm³/mol. The number of aryl methyl sites for hydroxylation is 1. The van der Waals surface area contributed by atoms with Crippen molar-refractivity contribution in [2.45, 2.75) is 50.9 Å². The summed E-state index contributed by atoms with van der Waals surface area (Å²) in [6.45, 7) is 2.74. The van der Waals surface area contributed by atoms with Gasteiger partial charge in [0.15, 0.2) is 0 Å². The lowest BCUT2D eigenvalue weighted by Gasteiger charge is -2.20. The van der Waals surface area contributed by atoms with Crippen LogP contribution < -0.4 is 5.32 Å². The summed E-state index contributed by atoms with van der Waals surface area (Å²) in [6.07, 6.45) is 3.11. The summed E-state index contributed by atoms with van der Waals surface area (Å²) in [7, 11) is 0. The van der Waals surface area contributed by atoms with Crippen LogP contribution in [-0.4, -0.2) is 29.8 Å². The molecule has 1 aromatic rings. The van der Waals surface area contributed by atoms with Crippen LogP contribution in [0.4, 0.5) is 0 Å². The zero-order valence-corrected chi connectivity index (χ0v) is 11.8. The van der Waals surface area contributed by atoms with Gasteiger partial charge in [0, 0.05) is 12.1 Å². The molecule has 0 bridgehead atoms. The Morgan fingerprint density at radius 3 is 3.00 bits per heavy atom. The summed E-state index contributed by atoms with van der Waals surface area (Å²) in [6, 6.07) is 5.72. The number of aliphatic hydroxyl groups is 1. The molecule has 2 aliphatic heterocycles. The molecule has 2 aliphatic rings. The molecule has 0 aromatic heterocycles. The third-order valence-corrected chi connectivity index (χ3v) is 4.25. The normalized spacial score (nSPS) is 27.6. The highest BCUT2D eigenvalue weighted by Gasteiger charge is 2.30. The minimum absolute atomic E-state index is 0.0349. The lowest BCUT2D eigenvalue weighted by atomic mass is 9.95. The fraction of sp³-hybridized carbons (Fsp3) is 0.562. The van der Waals surface area contributed by atoms with E-state index in [2.05, 4.69) is 5.32 Å². The Kier molecular flexibility index (Phi) is 3.76. The van der Waals surface area contributed by atoms with Gasteiger partial charge in [0.2, 0.25) is 0 Å². The molecule has 20 heavy (non-hydrogen) atoms. The van der Waals surface area contributed by atoms with Crippen molar-refractivity contribution in [1.29, 1.82) is 0 Å². The average Bonchev–Trinajstić information content (AvgIpc) is 2.80. The van der Waals surface area contributed by atoms with Crippen molar-refractivity contribution in [3.63, 3.8) is 0 Å². The number of fused-ring (bicyclic) bond motifs is 1. The first-order valence-corrected chi connectivity index (χ1v) is 7.39. The first kappa shape index (κ1) is 13.6. The number of rotatable bonds is 2. The molecule has 0 aliphatic carbocycles. The molecule has 0 radical (unpaired) electrons. The second-order valence-corrected chi connectivity index (χ2v) is 5.78. The van der Waals surface area contributed by atoms with Gasteiger partial charge in [-0.05, 0) is 49.8 Å². The van der Waals surface area contributed by atoms with Gasteiger partial charge in [0.05, 0.1) is 12.2 Å². The maximum absolute atomic E-state index is 12.0. The van der Waals surface area contributed by atoms with Crippen LogP contribution in [-0.2, 0) is 11.2 Å². The fourth-order valence-electron chi connectivity index (χ4n) is 3.06. The van der Waals surface area contributed by atoms with E-state index >= 15 is 0 Å². The molecule has 2 heterocycles. The zero-order chi connectivity index (χ0) is 14.1. The average molecular weight is 275 g/mol. The molecule has 108 valence electrons. The monoisotopic (exact) mass is 275 g/mol. The van der Waals surface area contributed by atoms with Crippen LogP contribution in [0.15, 0.2) is 18.2 Å². The molecule has 2 N–H and O–H groups in total. The van der Waals surface area contributed by atoms with Gasteiger partial charge in [0.25, 0.3) is 5.91 Å². The van der Waals surface area contributed by atoms with Gasteiger partial charge >= 0.3 is 0 Å². The molecule has 1 fully saturated rings. The molecule has 1 amide bonds. The number of aliphatic hydroxyl groups excluding tert-OH is 1. The molecular formula is C16H21NO3. The highest BCUT2D eigenvalue weighted by molar-refractivity contribution is 5.96. The standard InChI is InChI=1S/C16H21NO3/c1-10-4-7-14(20-10)15(18)12-6-5-11-3-2-8-17-16(19)13(11)9-12/h5-6,9-10,14-15,18H,2-4,7-8H2,1H3,(H,17,19). The maximum Gasteiger partial charge on any atom is 0.251 e. The molecule has 0 spiro atoms. The van der Waals surface area contributed by atoms with Crippen LogP contribution in [0.25, 0.3) is 0 Å². The number of carbonyl (C=O) groups is 1. The summed E-state index contributed by atoms with van der Waals surface area (Å²) in [5, 5.41) is 13.3. The Labute approximate surface area is 119 Å². The number of hydrogen-bond acceptors (Lipinski definition) is 3. The van der Waals surface area contributed by atoms with Gasteiger partial charge in [-0.25, -0.2) is 0 Å². The molecule has 3 rings (SSSR count). The molecule has 1 saturated heterocycles. The highest BCUT2D eigenvalue weighted by atomic mass is 16.5. The van der Waals surface area contributed by atoms with Crippen molar-refractivity contribution >= 4 is 5.91 Å². The summed E-state index contributed by atoms with van der Waals surface area (Å²) in [5.41, 5.74) is 2.54. The second kappa shape index (κ2) is 5.54. The van der Waals surface area contributed by atoms with Crippen molar-refractivity contribution in [2.75, 3.05) is 6.54 Å². The molecule has 1 aromatic carbocycles. The van der Waals surface area contributed by atoms with Gasteiger partial charge in [-0.2, -0.15) is 0 Å². The zero-order valence-electron chi connectivity index (χ0n) is 11.8. The van der Waals surface area contributed by atoms with Crippen molar-refractivity contribution in [1.82, 2.24) is 5.32 Å². The second-order valence-electron chi connectivity index (χ2n) is 5.78. The number of benzene rings is 1. The fourth-order valence-corrected chi connectivity index (χ4v) is 3.06. The topological polar surface area (TPSA) is 58.6 Å². The lowest BCUT2D eigenvalue weighted by Crippen LogP contribution is -2.23. The molecule has 3 unspecified atom stereocenters. The Morgan fingerprint density at radius 1 is 1.40 bits per heavy atom. The Morgan fingerprint density at radius 2 is 2.25 bits per heavy atom. The first-order chi connectivity index (χ1) is 9.65. The molecule has 3 atom stereocenters.